The van der Waals surface area contributed by atoms with E-state index in [1.165, 1.54) is 6.42 Å². The lowest BCUT2D eigenvalue weighted by Gasteiger charge is -1.98. The van der Waals surface area contributed by atoms with Gasteiger partial charge in [0, 0.05) is 0 Å². The van der Waals surface area contributed by atoms with Crippen LogP contribution in [0.4, 0.5) is 0 Å². The maximum absolute atomic E-state index is 8.68. The van der Waals surface area contributed by atoms with Crippen LogP contribution in [0.25, 0.3) is 0 Å². The average molecular weight is 102 g/mol. The van der Waals surface area contributed by atoms with E-state index in [9.17, 15) is 0 Å². The largest absolute Gasteiger partial charge is 0.393 e. The van der Waals surface area contributed by atoms with Crippen LogP contribution in [0, 0.1) is 0 Å². The summed E-state index contributed by atoms with van der Waals surface area (Å²) in [5, 5.41) is 8.68. The van der Waals surface area contributed by atoms with Crippen LogP contribution in [0.1, 0.15) is 33.1 Å². The van der Waals surface area contributed by atoms with E-state index >= 15 is 0 Å². The van der Waals surface area contributed by atoms with E-state index in [-0.39, 0.29) is 6.10 Å². The van der Waals surface area contributed by atoms with E-state index < -0.39 is 0 Å². The monoisotopic (exact) mass is 102 g/mol. The van der Waals surface area contributed by atoms with Gasteiger partial charge in [0.25, 0.3) is 0 Å². The lowest BCUT2D eigenvalue weighted by atomic mass is 10.2. The fraction of sp³-hybridized carbons (Fsp3) is 1.00. The number of unbranched alkanes of at least 4 members (excludes halogenated alkanes) is 1. The third kappa shape index (κ3) is 5.96. The summed E-state index contributed by atoms with van der Waals surface area (Å²) in [5.74, 6) is 0. The van der Waals surface area contributed by atoms with Gasteiger partial charge in [0.15, 0.2) is 0 Å². The van der Waals surface area contributed by atoms with Crippen LogP contribution in [0.2, 0.25) is 0 Å². The molecule has 7 heavy (non-hydrogen) atoms. The highest BCUT2D eigenvalue weighted by Gasteiger charge is 1.90. The van der Waals surface area contributed by atoms with E-state index in [2.05, 4.69) is 6.92 Å². The van der Waals surface area contributed by atoms with Crippen LogP contribution in [0.3, 0.4) is 0 Å². The van der Waals surface area contributed by atoms with Gasteiger partial charge < -0.3 is 5.11 Å². The first-order chi connectivity index (χ1) is 3.27. The molecule has 0 saturated carbocycles. The van der Waals surface area contributed by atoms with E-state index in [0.29, 0.717) is 0 Å². The lowest BCUT2D eigenvalue weighted by molar-refractivity contribution is 0.181. The van der Waals surface area contributed by atoms with Crippen LogP contribution in [-0.4, -0.2) is 11.2 Å². The van der Waals surface area contributed by atoms with Crippen LogP contribution in [0.15, 0.2) is 0 Å². The second-order valence-corrected chi connectivity index (χ2v) is 1.99. The van der Waals surface area contributed by atoms with Crippen molar-refractivity contribution in [2.45, 2.75) is 39.2 Å². The normalized spacial score (nSPS) is 14.1. The molecule has 0 rings (SSSR count). The van der Waals surface area contributed by atoms with Gasteiger partial charge in [-0.3, -0.25) is 0 Å². The molecular weight excluding hydrogens is 88.1 g/mol. The molecule has 0 amide bonds. The Hall–Kier alpha value is -0.0400. The molecule has 0 aliphatic carbocycles. The van der Waals surface area contributed by atoms with Crippen LogP contribution in [0.5, 0.6) is 0 Å². The number of aliphatic hydroxyl groups is 1. The van der Waals surface area contributed by atoms with E-state index in [1.54, 1.807) is 0 Å². The Kier molecular flexibility index (Phi) is 4.10. The molecule has 1 heteroatoms. The van der Waals surface area contributed by atoms with Crippen molar-refractivity contribution in [2.24, 2.45) is 0 Å². The van der Waals surface area contributed by atoms with Gasteiger partial charge in [0.05, 0.1) is 6.10 Å². The maximum Gasteiger partial charge on any atom is 0.0512 e. The smallest absolute Gasteiger partial charge is 0.0512 e. The van der Waals surface area contributed by atoms with Crippen molar-refractivity contribution in [3.63, 3.8) is 0 Å². The molecule has 0 aliphatic heterocycles. The molecule has 0 fully saturated rings. The number of aliphatic hydroxyl groups excluding tert-OH is 1. The molecule has 0 aromatic carbocycles. The van der Waals surface area contributed by atoms with Crippen molar-refractivity contribution in [3.05, 3.63) is 0 Å². The van der Waals surface area contributed by atoms with Crippen molar-refractivity contribution in [3.8, 4) is 0 Å². The van der Waals surface area contributed by atoms with Crippen molar-refractivity contribution in [2.75, 3.05) is 0 Å². The van der Waals surface area contributed by atoms with Gasteiger partial charge in [0.1, 0.15) is 0 Å². The summed E-state index contributed by atoms with van der Waals surface area (Å²) in [6, 6.07) is 0. The van der Waals surface area contributed by atoms with Crippen LogP contribution in [-0.2, 0) is 0 Å². The zero-order chi connectivity index (χ0) is 5.70. The Labute approximate surface area is 45.4 Å². The maximum atomic E-state index is 8.68. The fourth-order valence-electron chi connectivity index (χ4n) is 0.500. The molecule has 0 spiro atoms. The molecule has 0 saturated heterocycles. The quantitative estimate of drug-likeness (QED) is 0.573. The minimum Gasteiger partial charge on any atom is -0.393 e. The highest BCUT2D eigenvalue weighted by atomic mass is 16.3. The van der Waals surface area contributed by atoms with Gasteiger partial charge in [-0.05, 0) is 13.3 Å². The standard InChI is InChI=1S/C6H14O/c1-3-4-5-6(2)7/h6-7H,3-5H2,1-2H3. The number of hydrogen-bond acceptors (Lipinski definition) is 1. The fourth-order valence-corrected chi connectivity index (χ4v) is 0.500. The molecule has 44 valence electrons. The third-order valence-electron chi connectivity index (χ3n) is 0.975. The Morgan fingerprint density at radius 3 is 2.29 bits per heavy atom. The summed E-state index contributed by atoms with van der Waals surface area (Å²) < 4.78 is 0. The first-order valence-electron chi connectivity index (χ1n) is 2.95. The number of hydrogen-bond donors (Lipinski definition) is 1. The molecule has 0 aromatic heterocycles. The number of rotatable bonds is 3. The van der Waals surface area contributed by atoms with Gasteiger partial charge in [-0.2, -0.15) is 0 Å². The minimum absolute atomic E-state index is 0.0973. The van der Waals surface area contributed by atoms with Crippen molar-refractivity contribution in [1.82, 2.24) is 0 Å². The second-order valence-electron chi connectivity index (χ2n) is 1.99. The molecule has 0 heterocycles. The van der Waals surface area contributed by atoms with Gasteiger partial charge in [0.2, 0.25) is 0 Å². The molecule has 1 nitrogen and oxygen atoms in total. The second kappa shape index (κ2) is 4.13. The Morgan fingerprint density at radius 1 is 1.57 bits per heavy atom. The van der Waals surface area contributed by atoms with Gasteiger partial charge >= 0.3 is 0 Å². The molecule has 0 aromatic rings. The highest BCUT2D eigenvalue weighted by Crippen LogP contribution is 1.97. The predicted molar refractivity (Wildman–Crippen MR) is 31.2 cm³/mol. The van der Waals surface area contributed by atoms with E-state index in [0.717, 1.165) is 12.8 Å². The topological polar surface area (TPSA) is 20.2 Å². The Bertz CT molecular complexity index is 33.2. The van der Waals surface area contributed by atoms with Crippen molar-refractivity contribution >= 4 is 0 Å². The lowest BCUT2D eigenvalue weighted by Crippen LogP contribution is -1.97. The molecule has 0 aliphatic rings. The van der Waals surface area contributed by atoms with Crippen LogP contribution >= 0.6 is 0 Å². The summed E-state index contributed by atoms with van der Waals surface area (Å²) in [4.78, 5) is 0. The van der Waals surface area contributed by atoms with Crippen molar-refractivity contribution in [1.29, 1.82) is 0 Å². The third-order valence-corrected chi connectivity index (χ3v) is 0.975. The summed E-state index contributed by atoms with van der Waals surface area (Å²) >= 11 is 0. The summed E-state index contributed by atoms with van der Waals surface area (Å²) in [5.41, 5.74) is 0. The van der Waals surface area contributed by atoms with Crippen LogP contribution < -0.4 is 0 Å². The first-order valence-corrected chi connectivity index (χ1v) is 2.95. The predicted octanol–water partition coefficient (Wildman–Crippen LogP) is 1.56. The molecule has 1 N–H and O–H groups in total. The molecule has 1 unspecified atom stereocenters. The summed E-state index contributed by atoms with van der Waals surface area (Å²) in [6.07, 6.45) is 3.19. The summed E-state index contributed by atoms with van der Waals surface area (Å²) in [7, 11) is 0. The van der Waals surface area contributed by atoms with Crippen molar-refractivity contribution < 1.29 is 5.11 Å². The minimum atomic E-state index is -0.0973. The van der Waals surface area contributed by atoms with E-state index in [1.807, 2.05) is 6.92 Å². The van der Waals surface area contributed by atoms with E-state index in [4.69, 9.17) is 5.11 Å². The van der Waals surface area contributed by atoms with Gasteiger partial charge in [-0.1, -0.05) is 19.8 Å². The first kappa shape index (κ1) is 6.96. The summed E-state index contributed by atoms with van der Waals surface area (Å²) in [6.45, 7) is 3.96. The zero-order valence-electron chi connectivity index (χ0n) is 5.15. The molecule has 0 bridgehead atoms. The average Bonchev–Trinajstić information content (AvgIpc) is 1.61. The SMILES string of the molecule is CCCCC(C)O. The molecular formula is C6H14O. The Balaban J connectivity index is 2.68. The van der Waals surface area contributed by atoms with Gasteiger partial charge in [-0.25, -0.2) is 0 Å². The van der Waals surface area contributed by atoms with Gasteiger partial charge in [-0.15, -0.1) is 0 Å². The highest BCUT2D eigenvalue weighted by molar-refractivity contribution is 4.43. The molecule has 1 atom stereocenters. The Morgan fingerprint density at radius 2 is 2.14 bits per heavy atom. The molecule has 0 radical (unpaired) electrons. The zero-order valence-corrected chi connectivity index (χ0v) is 5.15.